The lowest BCUT2D eigenvalue weighted by Crippen LogP contribution is -2.20. The highest BCUT2D eigenvalue weighted by atomic mass is 32.1. The Morgan fingerprint density at radius 2 is 1.93 bits per heavy atom. The summed E-state index contributed by atoms with van der Waals surface area (Å²) in [4.78, 5) is 13.1. The molecule has 0 spiro atoms. The maximum absolute atomic E-state index is 12.4. The molecule has 4 rings (SSSR count). The van der Waals surface area contributed by atoms with Gasteiger partial charge in [0, 0.05) is 11.3 Å². The summed E-state index contributed by atoms with van der Waals surface area (Å²) in [6.45, 7) is 5.86. The monoisotopic (exact) mass is 407 g/mol. The van der Waals surface area contributed by atoms with Gasteiger partial charge < -0.3 is 10.1 Å². The van der Waals surface area contributed by atoms with Crippen LogP contribution in [0.3, 0.4) is 0 Å². The number of fused-ring (bicyclic) bond motifs is 1. The van der Waals surface area contributed by atoms with Crippen molar-refractivity contribution in [1.82, 2.24) is 19.8 Å². The lowest BCUT2D eigenvalue weighted by Gasteiger charge is -2.11. The van der Waals surface area contributed by atoms with Crippen LogP contribution in [0.15, 0.2) is 42.5 Å². The normalized spacial score (nSPS) is 11.0. The number of ether oxygens (including phenoxy) is 1. The van der Waals surface area contributed by atoms with E-state index in [0.717, 1.165) is 39.0 Å². The highest BCUT2D eigenvalue weighted by molar-refractivity contribution is 7.19. The van der Waals surface area contributed by atoms with Crippen LogP contribution in [0.5, 0.6) is 5.75 Å². The van der Waals surface area contributed by atoms with Crippen LogP contribution in [0, 0.1) is 13.8 Å². The first-order chi connectivity index (χ1) is 14.0. The zero-order valence-electron chi connectivity index (χ0n) is 16.5. The van der Waals surface area contributed by atoms with Gasteiger partial charge in [0.2, 0.25) is 4.96 Å². The van der Waals surface area contributed by atoms with Crippen molar-refractivity contribution in [3.05, 3.63) is 59.4 Å². The molecule has 0 bridgehead atoms. The quantitative estimate of drug-likeness (QED) is 0.521. The molecule has 0 unspecified atom stereocenters. The molecule has 2 aromatic heterocycles. The van der Waals surface area contributed by atoms with Gasteiger partial charge in [-0.3, -0.25) is 4.79 Å². The Bertz CT molecular complexity index is 1160. The Balaban J connectivity index is 1.46. The molecule has 1 N–H and O–H groups in total. The molecule has 0 fully saturated rings. The number of hydrogen-bond acceptors (Lipinski definition) is 6. The van der Waals surface area contributed by atoms with Crippen LogP contribution in [0.25, 0.3) is 15.5 Å². The van der Waals surface area contributed by atoms with Gasteiger partial charge in [0.25, 0.3) is 5.91 Å². The molecule has 0 aliphatic carbocycles. The van der Waals surface area contributed by atoms with Gasteiger partial charge in [-0.2, -0.15) is 9.61 Å². The number of nitrogens with zero attached hydrogens (tertiary/aromatic N) is 4. The summed E-state index contributed by atoms with van der Waals surface area (Å²) < 4.78 is 7.31. The number of carbonyl (C=O) groups is 1. The van der Waals surface area contributed by atoms with Crippen molar-refractivity contribution in [3.8, 4) is 16.3 Å². The summed E-state index contributed by atoms with van der Waals surface area (Å²) in [6.07, 6.45) is 0.970. The maximum atomic E-state index is 12.4. The number of nitrogens with one attached hydrogen (secondary N) is 1. The van der Waals surface area contributed by atoms with Gasteiger partial charge >= 0.3 is 0 Å². The smallest absolute Gasteiger partial charge is 0.262 e. The van der Waals surface area contributed by atoms with Crippen LogP contribution < -0.4 is 10.1 Å². The number of rotatable bonds is 6. The van der Waals surface area contributed by atoms with Crippen LogP contribution in [-0.4, -0.2) is 32.3 Å². The van der Waals surface area contributed by atoms with Crippen LogP contribution >= 0.6 is 11.3 Å². The van der Waals surface area contributed by atoms with Crippen molar-refractivity contribution in [2.24, 2.45) is 0 Å². The fourth-order valence-electron chi connectivity index (χ4n) is 2.88. The second-order valence-electron chi connectivity index (χ2n) is 6.71. The zero-order valence-corrected chi connectivity index (χ0v) is 17.3. The van der Waals surface area contributed by atoms with E-state index in [4.69, 9.17) is 4.74 Å². The molecule has 1 amide bonds. The van der Waals surface area contributed by atoms with E-state index in [1.165, 1.54) is 16.9 Å². The molecule has 2 heterocycles. The third kappa shape index (κ3) is 4.12. The summed E-state index contributed by atoms with van der Waals surface area (Å²) in [5.74, 6) is 1.21. The van der Waals surface area contributed by atoms with Gasteiger partial charge in [0.1, 0.15) is 10.8 Å². The van der Waals surface area contributed by atoms with E-state index in [0.29, 0.717) is 5.75 Å². The number of anilines is 1. The molecule has 0 radical (unpaired) electrons. The Morgan fingerprint density at radius 3 is 2.66 bits per heavy atom. The molecular formula is C21H21N5O2S. The molecule has 0 atom stereocenters. The Kier molecular flexibility index (Phi) is 5.26. The van der Waals surface area contributed by atoms with Crippen molar-refractivity contribution in [1.29, 1.82) is 0 Å². The van der Waals surface area contributed by atoms with Gasteiger partial charge in [-0.25, -0.2) is 0 Å². The minimum atomic E-state index is -0.209. The molecule has 0 aliphatic heterocycles. The Hall–Kier alpha value is -3.26. The Morgan fingerprint density at radius 1 is 1.14 bits per heavy atom. The van der Waals surface area contributed by atoms with E-state index in [9.17, 15) is 4.79 Å². The average Bonchev–Trinajstić information content (AvgIpc) is 3.30. The maximum Gasteiger partial charge on any atom is 0.262 e. The summed E-state index contributed by atoms with van der Waals surface area (Å²) in [5, 5.41) is 16.4. The molecule has 4 aromatic rings. The van der Waals surface area contributed by atoms with E-state index in [1.807, 2.05) is 56.3 Å². The number of aryl methyl sites for hydroxylation is 3. The first kappa shape index (κ1) is 19.1. The predicted octanol–water partition coefficient (Wildman–Crippen LogP) is 4.05. The van der Waals surface area contributed by atoms with E-state index < -0.39 is 0 Å². The molecule has 7 nitrogen and oxygen atoms in total. The van der Waals surface area contributed by atoms with Crippen molar-refractivity contribution in [3.63, 3.8) is 0 Å². The first-order valence-corrected chi connectivity index (χ1v) is 10.2. The van der Waals surface area contributed by atoms with Crippen LogP contribution in [-0.2, 0) is 11.2 Å². The van der Waals surface area contributed by atoms with Gasteiger partial charge in [-0.15, -0.1) is 10.2 Å². The molecule has 2 aromatic carbocycles. The van der Waals surface area contributed by atoms with Crippen LogP contribution in [0.4, 0.5) is 5.69 Å². The third-order valence-electron chi connectivity index (χ3n) is 4.61. The van der Waals surface area contributed by atoms with Gasteiger partial charge in [0.15, 0.2) is 12.4 Å². The van der Waals surface area contributed by atoms with Gasteiger partial charge in [0.05, 0.1) is 0 Å². The van der Waals surface area contributed by atoms with Crippen LogP contribution in [0.1, 0.15) is 23.9 Å². The van der Waals surface area contributed by atoms with E-state index in [-0.39, 0.29) is 12.5 Å². The van der Waals surface area contributed by atoms with Crippen molar-refractivity contribution in [2.75, 3.05) is 11.9 Å². The number of benzene rings is 2. The molecule has 8 heteroatoms. The fourth-order valence-corrected chi connectivity index (χ4v) is 3.76. The van der Waals surface area contributed by atoms with E-state index in [1.54, 1.807) is 4.52 Å². The number of aromatic nitrogens is 4. The largest absolute Gasteiger partial charge is 0.484 e. The Labute approximate surface area is 172 Å². The number of carbonyl (C=O) groups excluding carboxylic acids is 1. The highest BCUT2D eigenvalue weighted by Gasteiger charge is 2.13. The standard InChI is InChI=1S/C21H21N5O2S/c1-4-15-6-9-17(10-7-15)28-12-19(27)22-18-11-16(8-5-13(18)2)20-25-26-14(3)23-24-21(26)29-20/h5-11H,4,12H2,1-3H3,(H,22,27). The third-order valence-corrected chi connectivity index (χ3v) is 5.55. The molecule has 0 saturated carbocycles. The molecule has 0 aliphatic rings. The number of hydrogen-bond donors (Lipinski definition) is 1. The summed E-state index contributed by atoms with van der Waals surface area (Å²) >= 11 is 1.46. The summed E-state index contributed by atoms with van der Waals surface area (Å²) in [5.41, 5.74) is 3.85. The first-order valence-electron chi connectivity index (χ1n) is 9.35. The molecule has 0 saturated heterocycles. The van der Waals surface area contributed by atoms with Crippen molar-refractivity contribution < 1.29 is 9.53 Å². The lowest BCUT2D eigenvalue weighted by molar-refractivity contribution is -0.118. The zero-order chi connectivity index (χ0) is 20.4. The highest BCUT2D eigenvalue weighted by Crippen LogP contribution is 2.29. The fraction of sp³-hybridized carbons (Fsp3) is 0.238. The minimum absolute atomic E-state index is 0.0505. The summed E-state index contributed by atoms with van der Waals surface area (Å²) in [7, 11) is 0. The molecule has 148 valence electrons. The predicted molar refractivity (Wildman–Crippen MR) is 114 cm³/mol. The van der Waals surface area contributed by atoms with Crippen LogP contribution in [0.2, 0.25) is 0 Å². The topological polar surface area (TPSA) is 81.4 Å². The number of amides is 1. The van der Waals surface area contributed by atoms with Crippen molar-refractivity contribution in [2.45, 2.75) is 27.2 Å². The van der Waals surface area contributed by atoms with Crippen molar-refractivity contribution >= 4 is 27.9 Å². The second-order valence-corrected chi connectivity index (χ2v) is 7.67. The molecule has 29 heavy (non-hydrogen) atoms. The van der Waals surface area contributed by atoms with E-state index >= 15 is 0 Å². The average molecular weight is 407 g/mol. The summed E-state index contributed by atoms with van der Waals surface area (Å²) in [6, 6.07) is 13.6. The van der Waals surface area contributed by atoms with Gasteiger partial charge in [-0.05, 0) is 49.6 Å². The SMILES string of the molecule is CCc1ccc(OCC(=O)Nc2cc(-c3nn4c(C)nnc4s3)ccc2C)cc1. The minimum Gasteiger partial charge on any atom is -0.484 e. The van der Waals surface area contributed by atoms with E-state index in [2.05, 4.69) is 27.5 Å². The second kappa shape index (κ2) is 8.00. The molecular weight excluding hydrogens is 386 g/mol. The van der Waals surface area contributed by atoms with Gasteiger partial charge in [-0.1, -0.05) is 42.5 Å². The lowest BCUT2D eigenvalue weighted by atomic mass is 10.1.